The van der Waals surface area contributed by atoms with Gasteiger partial charge in [-0.2, -0.15) is 5.26 Å². The Hall–Kier alpha value is -2.43. The van der Waals surface area contributed by atoms with Gasteiger partial charge in [0.2, 0.25) is 5.91 Å². The zero-order valence-corrected chi connectivity index (χ0v) is 16.2. The van der Waals surface area contributed by atoms with Crippen LogP contribution >= 0.6 is 23.1 Å². The second kappa shape index (κ2) is 8.30. The van der Waals surface area contributed by atoms with Crippen molar-refractivity contribution >= 4 is 44.9 Å². The summed E-state index contributed by atoms with van der Waals surface area (Å²) in [6.45, 7) is 4.52. The van der Waals surface area contributed by atoms with Crippen LogP contribution in [0.15, 0.2) is 41.7 Å². The van der Waals surface area contributed by atoms with Crippen molar-refractivity contribution < 1.29 is 4.79 Å². The van der Waals surface area contributed by atoms with E-state index >= 15 is 0 Å². The topological polar surface area (TPSA) is 69.9 Å². The highest BCUT2D eigenvalue weighted by Crippen LogP contribution is 2.34. The third-order valence-corrected chi connectivity index (χ3v) is 6.17. The summed E-state index contributed by atoms with van der Waals surface area (Å²) >= 11 is 3.07. The molecule has 1 amide bonds. The lowest BCUT2D eigenvalue weighted by Gasteiger charge is -2.21. The Morgan fingerprint density at radius 1 is 1.27 bits per heavy atom. The largest absolute Gasteiger partial charge is 0.311 e. The van der Waals surface area contributed by atoms with Crippen LogP contribution in [0.25, 0.3) is 10.2 Å². The molecule has 7 heteroatoms. The lowest BCUT2D eigenvalue weighted by atomic mass is 10.2. The second-order valence-corrected chi connectivity index (χ2v) is 7.89. The number of aryl methyl sites for hydroxylation is 2. The normalized spacial score (nSPS) is 10.7. The quantitative estimate of drug-likeness (QED) is 0.468. The predicted molar refractivity (Wildman–Crippen MR) is 107 cm³/mol. The molecule has 2 heterocycles. The number of benzene rings is 1. The summed E-state index contributed by atoms with van der Waals surface area (Å²) in [5.74, 6) is 0.230. The van der Waals surface area contributed by atoms with Crippen molar-refractivity contribution in [3.63, 3.8) is 0 Å². The molecule has 3 aromatic rings. The molecule has 0 aliphatic heterocycles. The molecule has 3 rings (SSSR count). The molecule has 0 unspecified atom stereocenters. The van der Waals surface area contributed by atoms with E-state index in [9.17, 15) is 4.79 Å². The van der Waals surface area contributed by atoms with Crippen LogP contribution in [0.4, 0.5) is 5.69 Å². The summed E-state index contributed by atoms with van der Waals surface area (Å²) in [5, 5.41) is 10.8. The Morgan fingerprint density at radius 2 is 2.04 bits per heavy atom. The van der Waals surface area contributed by atoms with Crippen molar-refractivity contribution in [1.29, 1.82) is 5.26 Å². The highest BCUT2D eigenvalue weighted by molar-refractivity contribution is 8.00. The molecule has 1 aromatic carbocycles. The Kier molecular flexibility index (Phi) is 5.86. The van der Waals surface area contributed by atoms with Gasteiger partial charge in [-0.15, -0.1) is 11.3 Å². The van der Waals surface area contributed by atoms with Crippen molar-refractivity contribution in [2.75, 3.05) is 17.2 Å². The number of thiophene rings is 1. The SMILES string of the molecule is Cc1sc2ncnc(SCC(=O)N(CCC#N)c3ccccc3)c2c1C. The maximum absolute atomic E-state index is 12.8. The number of hydrogen-bond donors (Lipinski definition) is 0. The van der Waals surface area contributed by atoms with Gasteiger partial charge in [0, 0.05) is 22.5 Å². The lowest BCUT2D eigenvalue weighted by Crippen LogP contribution is -2.33. The van der Waals surface area contributed by atoms with Crippen LogP contribution < -0.4 is 4.90 Å². The van der Waals surface area contributed by atoms with Crippen molar-refractivity contribution in [2.24, 2.45) is 0 Å². The summed E-state index contributed by atoms with van der Waals surface area (Å²) in [7, 11) is 0. The van der Waals surface area contributed by atoms with Crippen molar-refractivity contribution in [3.05, 3.63) is 47.1 Å². The smallest absolute Gasteiger partial charge is 0.237 e. The number of para-hydroxylation sites is 1. The Bertz CT molecular complexity index is 963. The Labute approximate surface area is 160 Å². The van der Waals surface area contributed by atoms with Gasteiger partial charge in [-0.05, 0) is 31.5 Å². The first-order valence-electron chi connectivity index (χ1n) is 8.17. The molecule has 26 heavy (non-hydrogen) atoms. The fourth-order valence-electron chi connectivity index (χ4n) is 2.64. The van der Waals surface area contributed by atoms with Gasteiger partial charge in [0.1, 0.15) is 16.2 Å². The molecule has 0 radical (unpaired) electrons. The van der Waals surface area contributed by atoms with Crippen molar-refractivity contribution in [3.8, 4) is 6.07 Å². The highest BCUT2D eigenvalue weighted by atomic mass is 32.2. The van der Waals surface area contributed by atoms with Crippen LogP contribution in [-0.4, -0.2) is 28.2 Å². The third-order valence-electron chi connectivity index (χ3n) is 4.08. The molecule has 5 nitrogen and oxygen atoms in total. The maximum atomic E-state index is 12.8. The molecule has 0 aliphatic rings. The summed E-state index contributed by atoms with van der Waals surface area (Å²) in [6.07, 6.45) is 1.85. The van der Waals surface area contributed by atoms with Crippen molar-refractivity contribution in [1.82, 2.24) is 9.97 Å². The molecule has 0 saturated carbocycles. The van der Waals surface area contributed by atoms with Crippen LogP contribution in [0.2, 0.25) is 0 Å². The number of carbonyl (C=O) groups is 1. The minimum atomic E-state index is -0.0344. The van der Waals surface area contributed by atoms with Crippen molar-refractivity contribution in [2.45, 2.75) is 25.3 Å². The minimum absolute atomic E-state index is 0.0344. The van der Waals surface area contributed by atoms with E-state index in [-0.39, 0.29) is 11.7 Å². The first-order chi connectivity index (χ1) is 12.6. The standard InChI is InChI=1S/C19H18N4OS2/c1-13-14(2)26-19-17(13)18(21-12-22-19)25-11-16(24)23(10-6-9-20)15-7-4-3-5-8-15/h3-5,7-8,12H,6,10-11H2,1-2H3. The number of rotatable bonds is 6. The molecule has 0 aliphatic carbocycles. The molecule has 0 atom stereocenters. The number of aromatic nitrogens is 2. The fourth-order valence-corrected chi connectivity index (χ4v) is 4.63. The summed E-state index contributed by atoms with van der Waals surface area (Å²) in [6, 6.07) is 11.6. The number of hydrogen-bond acceptors (Lipinski definition) is 6. The van der Waals surface area contributed by atoms with Gasteiger partial charge in [0.05, 0.1) is 18.2 Å². The Morgan fingerprint density at radius 3 is 2.77 bits per heavy atom. The van der Waals surface area contributed by atoms with Gasteiger partial charge in [-0.1, -0.05) is 30.0 Å². The zero-order chi connectivity index (χ0) is 18.5. The number of amides is 1. The van der Waals surface area contributed by atoms with Crippen LogP contribution in [0, 0.1) is 25.2 Å². The van der Waals surface area contributed by atoms with E-state index in [1.165, 1.54) is 22.2 Å². The van der Waals surface area contributed by atoms with E-state index in [1.807, 2.05) is 30.3 Å². The minimum Gasteiger partial charge on any atom is -0.311 e. The summed E-state index contributed by atoms with van der Waals surface area (Å²) < 4.78 is 0. The molecule has 0 N–H and O–H groups in total. The predicted octanol–water partition coefficient (Wildman–Crippen LogP) is 4.35. The van der Waals surface area contributed by atoms with Crippen LogP contribution in [-0.2, 0) is 4.79 Å². The number of anilines is 1. The fraction of sp³-hybridized carbons (Fsp3) is 0.263. The number of carbonyl (C=O) groups excluding carboxylic acids is 1. The first-order valence-corrected chi connectivity index (χ1v) is 9.98. The molecule has 2 aromatic heterocycles. The van der Waals surface area contributed by atoms with Gasteiger partial charge in [0.25, 0.3) is 0 Å². The van der Waals surface area contributed by atoms with Crippen LogP contribution in [0.5, 0.6) is 0 Å². The molecule has 0 fully saturated rings. The number of nitriles is 1. The van der Waals surface area contributed by atoms with Gasteiger partial charge in [0.15, 0.2) is 0 Å². The Balaban J connectivity index is 1.80. The average molecular weight is 383 g/mol. The first kappa shape index (κ1) is 18.4. The number of fused-ring (bicyclic) bond motifs is 1. The van der Waals surface area contributed by atoms with Gasteiger partial charge in [-0.25, -0.2) is 9.97 Å². The van der Waals surface area contributed by atoms with Crippen LogP contribution in [0.1, 0.15) is 16.9 Å². The monoisotopic (exact) mass is 382 g/mol. The van der Waals surface area contributed by atoms with E-state index in [1.54, 1.807) is 22.6 Å². The van der Waals surface area contributed by atoms with E-state index in [4.69, 9.17) is 5.26 Å². The third kappa shape index (κ3) is 3.87. The van der Waals surface area contributed by atoms with Gasteiger partial charge < -0.3 is 4.90 Å². The summed E-state index contributed by atoms with van der Waals surface area (Å²) in [4.78, 5) is 25.4. The van der Waals surface area contributed by atoms with Crippen LogP contribution in [0.3, 0.4) is 0 Å². The molecular weight excluding hydrogens is 364 g/mol. The molecule has 0 saturated heterocycles. The van der Waals surface area contributed by atoms with E-state index < -0.39 is 0 Å². The number of nitrogens with zero attached hydrogens (tertiary/aromatic N) is 4. The van der Waals surface area contributed by atoms with E-state index in [0.29, 0.717) is 13.0 Å². The second-order valence-electron chi connectivity index (χ2n) is 5.72. The summed E-state index contributed by atoms with van der Waals surface area (Å²) in [5.41, 5.74) is 1.98. The molecule has 0 spiro atoms. The highest BCUT2D eigenvalue weighted by Gasteiger charge is 2.18. The average Bonchev–Trinajstić information content (AvgIpc) is 2.96. The van der Waals surface area contributed by atoms with Gasteiger partial charge >= 0.3 is 0 Å². The van der Waals surface area contributed by atoms with E-state index in [0.717, 1.165) is 20.9 Å². The van der Waals surface area contributed by atoms with Gasteiger partial charge in [-0.3, -0.25) is 4.79 Å². The molecule has 0 bridgehead atoms. The van der Waals surface area contributed by atoms with E-state index in [2.05, 4.69) is 29.9 Å². The lowest BCUT2D eigenvalue weighted by molar-refractivity contribution is -0.116. The maximum Gasteiger partial charge on any atom is 0.237 e. The number of thioether (sulfide) groups is 1. The molecule has 132 valence electrons. The molecular formula is C19H18N4OS2. The zero-order valence-electron chi connectivity index (χ0n) is 14.6.